The molecule has 4 rings (SSSR count). The number of aryl methyl sites for hydroxylation is 1. The molecule has 1 aliphatic carbocycles. The predicted octanol–water partition coefficient (Wildman–Crippen LogP) is 3.18. The van der Waals surface area contributed by atoms with E-state index in [1.54, 1.807) is 42.5 Å². The molecule has 1 aliphatic rings. The van der Waals surface area contributed by atoms with Crippen LogP contribution in [0.25, 0.3) is 0 Å². The van der Waals surface area contributed by atoms with Crippen LogP contribution in [0, 0.1) is 0 Å². The highest BCUT2D eigenvalue weighted by atomic mass is 32.2. The Balaban J connectivity index is 1.38. The molecule has 1 heterocycles. The lowest BCUT2D eigenvalue weighted by Gasteiger charge is -2.19. The highest BCUT2D eigenvalue weighted by Crippen LogP contribution is 2.38. The van der Waals surface area contributed by atoms with Crippen LogP contribution in [-0.4, -0.2) is 33.9 Å². The monoisotopic (exact) mass is 485 g/mol. The van der Waals surface area contributed by atoms with Crippen molar-refractivity contribution < 1.29 is 22.7 Å². The number of rotatable bonds is 8. The summed E-state index contributed by atoms with van der Waals surface area (Å²) in [4.78, 5) is 25.5. The number of ether oxygens (including phenoxy) is 1. The molecule has 10 heteroatoms. The summed E-state index contributed by atoms with van der Waals surface area (Å²) in [5, 5.41) is 3.19. The maximum atomic E-state index is 12.7. The number of primary amides is 1. The van der Waals surface area contributed by atoms with Crippen LogP contribution in [0.5, 0.6) is 5.75 Å². The second kappa shape index (κ2) is 9.24. The Hall–Kier alpha value is -3.37. The number of anilines is 2. The Morgan fingerprint density at radius 3 is 2.45 bits per heavy atom. The van der Waals surface area contributed by atoms with E-state index in [-0.39, 0.29) is 11.5 Å². The average Bonchev–Trinajstić information content (AvgIpc) is 3.38. The first kappa shape index (κ1) is 22.8. The summed E-state index contributed by atoms with van der Waals surface area (Å²) in [6, 6.07) is 14.5. The van der Waals surface area contributed by atoms with Crippen LogP contribution in [0.4, 0.5) is 10.7 Å². The maximum Gasteiger partial charge on any atom is 0.264 e. The number of nitrogens with two attached hydrogens (primary N) is 1. The number of hydrogen-bond donors (Lipinski definition) is 2. The van der Waals surface area contributed by atoms with Gasteiger partial charge in [0.25, 0.3) is 21.8 Å². The molecular weight excluding hydrogens is 462 g/mol. The summed E-state index contributed by atoms with van der Waals surface area (Å²) in [7, 11) is -2.21. The van der Waals surface area contributed by atoms with Crippen LogP contribution in [0.3, 0.4) is 0 Å². The van der Waals surface area contributed by atoms with Crippen molar-refractivity contribution in [3.63, 3.8) is 0 Å². The molecule has 2 amide bonds. The number of nitrogens with one attached hydrogen (secondary N) is 1. The molecule has 0 aliphatic heterocycles. The number of carbonyl (C=O) groups excluding carboxylic acids is 2. The highest BCUT2D eigenvalue weighted by Gasteiger charge is 2.26. The number of benzene rings is 2. The van der Waals surface area contributed by atoms with Gasteiger partial charge in [0.2, 0.25) is 0 Å². The molecule has 3 aromatic rings. The van der Waals surface area contributed by atoms with E-state index in [9.17, 15) is 18.0 Å². The van der Waals surface area contributed by atoms with Crippen molar-refractivity contribution in [2.45, 2.75) is 24.2 Å². The van der Waals surface area contributed by atoms with E-state index in [2.05, 4.69) is 5.32 Å². The molecule has 2 aromatic carbocycles. The van der Waals surface area contributed by atoms with Crippen LogP contribution in [-0.2, 0) is 27.7 Å². The van der Waals surface area contributed by atoms with Gasteiger partial charge in [-0.15, -0.1) is 11.3 Å². The smallest absolute Gasteiger partial charge is 0.264 e. The van der Waals surface area contributed by atoms with Crippen molar-refractivity contribution >= 4 is 43.9 Å². The van der Waals surface area contributed by atoms with E-state index in [1.165, 1.54) is 34.8 Å². The third-order valence-corrected chi connectivity index (χ3v) is 8.40. The number of nitrogens with zero attached hydrogens (tertiary/aromatic N) is 1. The Bertz CT molecular complexity index is 1290. The van der Waals surface area contributed by atoms with Crippen molar-refractivity contribution in [3.05, 3.63) is 70.6 Å². The highest BCUT2D eigenvalue weighted by molar-refractivity contribution is 7.92. The maximum absolute atomic E-state index is 12.7. The van der Waals surface area contributed by atoms with Crippen LogP contribution in [0.1, 0.15) is 27.2 Å². The SMILES string of the molecule is CN(c1ccc(OCC(=O)Nc2sc3c(c2C(N)=O)CCC3)cc1)S(=O)(=O)c1ccccc1. The molecule has 33 heavy (non-hydrogen) atoms. The van der Waals surface area contributed by atoms with Gasteiger partial charge in [-0.1, -0.05) is 18.2 Å². The summed E-state index contributed by atoms with van der Waals surface area (Å²) >= 11 is 1.38. The lowest BCUT2D eigenvalue weighted by molar-refractivity contribution is -0.118. The molecule has 0 saturated heterocycles. The van der Waals surface area contributed by atoms with Crippen LogP contribution in [0.2, 0.25) is 0 Å². The number of amides is 2. The Morgan fingerprint density at radius 1 is 1.09 bits per heavy atom. The first-order chi connectivity index (χ1) is 15.8. The fraction of sp³-hybridized carbons (Fsp3) is 0.217. The van der Waals surface area contributed by atoms with Gasteiger partial charge in [0.05, 0.1) is 16.1 Å². The minimum absolute atomic E-state index is 0.194. The Kier molecular flexibility index (Phi) is 6.39. The minimum atomic E-state index is -3.68. The van der Waals surface area contributed by atoms with Crippen molar-refractivity contribution in [2.75, 3.05) is 23.3 Å². The predicted molar refractivity (Wildman–Crippen MR) is 127 cm³/mol. The quantitative estimate of drug-likeness (QED) is 0.508. The number of thiophene rings is 1. The lowest BCUT2D eigenvalue weighted by Crippen LogP contribution is -2.26. The molecule has 8 nitrogen and oxygen atoms in total. The Morgan fingerprint density at radius 2 is 1.79 bits per heavy atom. The van der Waals surface area contributed by atoms with Gasteiger partial charge in [0.15, 0.2) is 6.61 Å². The first-order valence-corrected chi connectivity index (χ1v) is 12.5. The number of hydrogen-bond acceptors (Lipinski definition) is 6. The molecule has 1 aromatic heterocycles. The standard InChI is InChI=1S/C23H23N3O5S2/c1-26(33(29,30)17-6-3-2-4-7-17)15-10-12-16(13-11-15)31-14-20(27)25-23-21(22(24)28)18-8-5-9-19(18)32-23/h2-4,6-7,10-13H,5,8-9,14H2,1H3,(H2,24,28)(H,25,27). The molecule has 0 unspecified atom stereocenters. The third kappa shape index (κ3) is 4.71. The second-order valence-electron chi connectivity index (χ2n) is 7.54. The molecular formula is C23H23N3O5S2. The molecule has 0 saturated carbocycles. The zero-order valence-electron chi connectivity index (χ0n) is 17.9. The molecule has 0 atom stereocenters. The van der Waals surface area contributed by atoms with E-state index >= 15 is 0 Å². The van der Waals surface area contributed by atoms with Crippen LogP contribution >= 0.6 is 11.3 Å². The normalized spacial score (nSPS) is 12.8. The van der Waals surface area contributed by atoms with Crippen LogP contribution < -0.4 is 20.1 Å². The number of sulfonamides is 1. The molecule has 0 bridgehead atoms. The van der Waals surface area contributed by atoms with Gasteiger partial charge in [-0.25, -0.2) is 8.42 Å². The molecule has 0 spiro atoms. The van der Waals surface area contributed by atoms with Gasteiger partial charge >= 0.3 is 0 Å². The van der Waals surface area contributed by atoms with E-state index in [0.717, 1.165) is 29.7 Å². The molecule has 0 radical (unpaired) electrons. The van der Waals surface area contributed by atoms with Gasteiger partial charge in [0, 0.05) is 11.9 Å². The van der Waals surface area contributed by atoms with E-state index in [4.69, 9.17) is 10.5 Å². The summed E-state index contributed by atoms with van der Waals surface area (Å²) in [6.07, 6.45) is 2.65. The summed E-state index contributed by atoms with van der Waals surface area (Å²) in [5.41, 5.74) is 7.31. The zero-order chi connectivity index (χ0) is 23.6. The van der Waals surface area contributed by atoms with Gasteiger partial charge < -0.3 is 15.8 Å². The third-order valence-electron chi connectivity index (χ3n) is 5.39. The minimum Gasteiger partial charge on any atom is -0.484 e. The van der Waals surface area contributed by atoms with E-state index in [1.807, 2.05) is 0 Å². The molecule has 3 N–H and O–H groups in total. The van der Waals surface area contributed by atoms with Crippen LogP contribution in [0.15, 0.2) is 59.5 Å². The van der Waals surface area contributed by atoms with Crippen molar-refractivity contribution in [1.29, 1.82) is 0 Å². The fourth-order valence-electron chi connectivity index (χ4n) is 3.71. The zero-order valence-corrected chi connectivity index (χ0v) is 19.5. The fourth-order valence-corrected chi connectivity index (χ4v) is 6.23. The Labute approximate surface area is 196 Å². The van der Waals surface area contributed by atoms with E-state index < -0.39 is 21.8 Å². The van der Waals surface area contributed by atoms with Gasteiger partial charge in [-0.05, 0) is 61.2 Å². The largest absolute Gasteiger partial charge is 0.484 e. The van der Waals surface area contributed by atoms with Crippen molar-refractivity contribution in [2.24, 2.45) is 5.73 Å². The van der Waals surface area contributed by atoms with E-state index in [0.29, 0.717) is 22.0 Å². The molecule has 0 fully saturated rings. The average molecular weight is 486 g/mol. The lowest BCUT2D eigenvalue weighted by atomic mass is 10.1. The summed E-state index contributed by atoms with van der Waals surface area (Å²) in [6.45, 7) is -0.266. The van der Waals surface area contributed by atoms with Gasteiger partial charge in [-0.3, -0.25) is 13.9 Å². The summed E-state index contributed by atoms with van der Waals surface area (Å²) < 4.78 is 32.2. The first-order valence-electron chi connectivity index (χ1n) is 10.3. The van der Waals surface area contributed by atoms with Crippen molar-refractivity contribution in [1.82, 2.24) is 0 Å². The molecule has 172 valence electrons. The number of fused-ring (bicyclic) bond motifs is 1. The topological polar surface area (TPSA) is 119 Å². The number of carbonyl (C=O) groups is 2. The van der Waals surface area contributed by atoms with Gasteiger partial charge in [0.1, 0.15) is 10.8 Å². The van der Waals surface area contributed by atoms with Crippen molar-refractivity contribution in [3.8, 4) is 5.75 Å². The van der Waals surface area contributed by atoms with Gasteiger partial charge in [-0.2, -0.15) is 0 Å². The summed E-state index contributed by atoms with van der Waals surface area (Å²) in [5.74, 6) is -0.552. The second-order valence-corrected chi connectivity index (χ2v) is 10.6.